The lowest BCUT2D eigenvalue weighted by Crippen LogP contribution is -2.37. The van der Waals surface area contributed by atoms with E-state index in [4.69, 9.17) is 18.5 Å². The van der Waals surface area contributed by atoms with Gasteiger partial charge in [0.05, 0.1) is 27.7 Å². The third-order valence-corrected chi connectivity index (χ3v) is 15.6. The van der Waals surface area contributed by atoms with Crippen LogP contribution in [-0.4, -0.2) is 70.0 Å². The Morgan fingerprint density at radius 1 is 0.323 bits per heavy atom. The van der Waals surface area contributed by atoms with Gasteiger partial charge in [-0.1, -0.05) is 303 Å². The molecule has 0 fully saturated rings. The third kappa shape index (κ3) is 77.1. The van der Waals surface area contributed by atoms with E-state index < -0.39 is 32.5 Å². The van der Waals surface area contributed by atoms with Crippen molar-refractivity contribution in [2.75, 3.05) is 47.5 Å². The normalized spacial score (nSPS) is 14.4. The molecule has 2 unspecified atom stereocenters. The van der Waals surface area contributed by atoms with E-state index in [9.17, 15) is 19.0 Å². The van der Waals surface area contributed by atoms with Crippen molar-refractivity contribution in [1.29, 1.82) is 0 Å². The van der Waals surface area contributed by atoms with Crippen LogP contribution in [0.3, 0.4) is 0 Å². The van der Waals surface area contributed by atoms with Crippen LogP contribution in [0.25, 0.3) is 0 Å². The molecule has 0 saturated heterocycles. The molecule has 10 heteroatoms. The number of carbonyl (C=O) groups is 2. The number of ether oxygens (including phenoxy) is 2. The van der Waals surface area contributed by atoms with Crippen molar-refractivity contribution >= 4 is 19.8 Å². The smallest absolute Gasteiger partial charge is 0.306 e. The number of esters is 2. The summed E-state index contributed by atoms with van der Waals surface area (Å²) >= 11 is 0. The molecule has 0 bridgehead atoms. The van der Waals surface area contributed by atoms with E-state index in [1.807, 2.05) is 21.1 Å². The molecule has 0 N–H and O–H groups in total. The van der Waals surface area contributed by atoms with Crippen LogP contribution in [0.4, 0.5) is 0 Å². The second-order valence-corrected chi connectivity index (χ2v) is 26.2. The van der Waals surface area contributed by atoms with E-state index in [1.165, 1.54) is 25.7 Å². The summed E-state index contributed by atoms with van der Waals surface area (Å²) in [6.07, 6.45) is 118. The Morgan fingerprint density at radius 2 is 0.562 bits per heavy atom. The Balaban J connectivity index is 4.20. The number of phosphoric ester groups is 1. The van der Waals surface area contributed by atoms with Crippen LogP contribution in [0.5, 0.6) is 0 Å². The molecule has 9 nitrogen and oxygen atoms in total. The maximum absolute atomic E-state index is 12.9. The standard InChI is InChI=1S/C86H134NO8P/c1-6-8-10-12-14-16-18-20-22-24-26-28-30-32-34-36-38-40-41-42-43-44-45-47-49-51-53-55-57-59-61-63-65-67-69-71-73-75-77-79-86(89)95-84(83-94-96(90,91)93-81-80-87(3,4)5)82-92-85(88)78-76-74-72-70-68-66-64-62-60-58-56-54-52-50-48-46-39-37-35-33-31-29-27-25-23-21-19-17-15-13-11-9-7-2/h8-11,14-17,20-23,26-29,32-35,38-40,42-43,45-47,50-53,56-59,63,65,84H,6-7,12-13,18-19,24-25,30-31,36-37,41,44,48-49,54-55,60-62,64,66-83H2,1-5H3/b10-8-,11-9-,16-14-,17-15-,22-20-,23-21-,28-26-,29-27-,34-32-,35-33-,40-38-,43-42-,46-39-,47-45-,52-50-,53-51-,58-56-,59-57-,65-63-. The van der Waals surface area contributed by atoms with Crippen molar-refractivity contribution in [3.8, 4) is 0 Å². The topological polar surface area (TPSA) is 111 Å². The second-order valence-electron chi connectivity index (χ2n) is 24.8. The van der Waals surface area contributed by atoms with Gasteiger partial charge in [0, 0.05) is 12.8 Å². The van der Waals surface area contributed by atoms with Crippen molar-refractivity contribution in [3.05, 3.63) is 231 Å². The van der Waals surface area contributed by atoms with E-state index in [-0.39, 0.29) is 26.1 Å². The summed E-state index contributed by atoms with van der Waals surface area (Å²) in [5.74, 6) is -0.883. The van der Waals surface area contributed by atoms with Crippen LogP contribution in [0.2, 0.25) is 0 Å². The van der Waals surface area contributed by atoms with Crippen molar-refractivity contribution in [3.63, 3.8) is 0 Å². The summed E-state index contributed by atoms with van der Waals surface area (Å²) in [7, 11) is 1.11. The molecule has 0 radical (unpaired) electrons. The molecule has 0 heterocycles. The van der Waals surface area contributed by atoms with Crippen LogP contribution in [-0.2, 0) is 32.7 Å². The lowest BCUT2D eigenvalue weighted by atomic mass is 10.1. The first-order chi connectivity index (χ1) is 47.0. The Bertz CT molecular complexity index is 2480. The van der Waals surface area contributed by atoms with E-state index in [0.717, 1.165) is 180 Å². The van der Waals surface area contributed by atoms with Gasteiger partial charge in [-0.3, -0.25) is 14.2 Å². The summed E-state index contributed by atoms with van der Waals surface area (Å²) in [5, 5.41) is 0. The summed E-state index contributed by atoms with van der Waals surface area (Å²) < 4.78 is 34.3. The Labute approximate surface area is 588 Å². The number of carbonyl (C=O) groups excluding carboxylic acids is 2. The average Bonchev–Trinajstić information content (AvgIpc) is 1.98. The SMILES string of the molecule is CC/C=C\C/C=C\C/C=C\C/C=C\C/C=C\C/C=C\C/C=C\C/C=C\C/C=C\C/C=C\C/C=C\CCCCCCCC(=O)OC(COC(=O)CCCCCCCCCC/C=C\C/C=C\C/C=C\C/C=C\C/C=C\C/C=C\C/C=C\C/C=C\CC)COP(=O)([O-])OCC[N+](C)(C)C. The molecule has 0 aromatic heterocycles. The largest absolute Gasteiger partial charge is 0.756 e. The number of hydrogen-bond donors (Lipinski definition) is 0. The van der Waals surface area contributed by atoms with Gasteiger partial charge < -0.3 is 27.9 Å². The molecule has 0 aliphatic carbocycles. The molecule has 0 aromatic rings. The van der Waals surface area contributed by atoms with Crippen molar-refractivity contribution in [2.24, 2.45) is 0 Å². The minimum absolute atomic E-state index is 0.0496. The van der Waals surface area contributed by atoms with Crippen LogP contribution < -0.4 is 4.89 Å². The fourth-order valence-electron chi connectivity index (χ4n) is 9.09. The first-order valence-corrected chi connectivity index (χ1v) is 38.6. The predicted molar refractivity (Wildman–Crippen MR) is 414 cm³/mol. The predicted octanol–water partition coefficient (Wildman–Crippen LogP) is 24.3. The van der Waals surface area contributed by atoms with E-state index in [0.29, 0.717) is 23.9 Å². The van der Waals surface area contributed by atoms with Gasteiger partial charge in [0.2, 0.25) is 0 Å². The lowest BCUT2D eigenvalue weighted by molar-refractivity contribution is -0.870. The first-order valence-electron chi connectivity index (χ1n) is 37.1. The van der Waals surface area contributed by atoms with Crippen molar-refractivity contribution in [1.82, 2.24) is 0 Å². The Kier molecular flexibility index (Phi) is 68.8. The highest BCUT2D eigenvalue weighted by Gasteiger charge is 2.22. The molecule has 96 heavy (non-hydrogen) atoms. The minimum Gasteiger partial charge on any atom is -0.756 e. The number of rotatable bonds is 65. The zero-order chi connectivity index (χ0) is 69.7. The zero-order valence-corrected chi connectivity index (χ0v) is 61.9. The molecule has 0 aromatic carbocycles. The van der Waals surface area contributed by atoms with Crippen LogP contribution in [0, 0.1) is 0 Å². The van der Waals surface area contributed by atoms with Gasteiger partial charge in [-0.2, -0.15) is 0 Å². The third-order valence-electron chi connectivity index (χ3n) is 14.7. The summed E-state index contributed by atoms with van der Waals surface area (Å²) in [4.78, 5) is 38.1. The molecular weight excluding hydrogens is 1210 g/mol. The number of nitrogens with zero attached hydrogens (tertiary/aromatic N) is 1. The van der Waals surface area contributed by atoms with Gasteiger partial charge in [-0.05, 0) is 161 Å². The van der Waals surface area contributed by atoms with Gasteiger partial charge in [0.25, 0.3) is 7.82 Å². The van der Waals surface area contributed by atoms with E-state index in [1.54, 1.807) is 0 Å². The molecule has 0 rings (SSSR count). The molecule has 0 aliphatic rings. The van der Waals surface area contributed by atoms with Crippen LogP contribution in [0.1, 0.15) is 245 Å². The maximum atomic E-state index is 12.9. The summed E-state index contributed by atoms with van der Waals surface area (Å²) in [6, 6.07) is 0. The molecular formula is C86H134NO8P. The number of likely N-dealkylation sites (N-methyl/N-ethyl adjacent to an activating group) is 1. The highest BCUT2D eigenvalue weighted by atomic mass is 31.2. The highest BCUT2D eigenvalue weighted by molar-refractivity contribution is 7.45. The zero-order valence-electron chi connectivity index (χ0n) is 61.0. The van der Waals surface area contributed by atoms with Gasteiger partial charge in [-0.25, -0.2) is 0 Å². The number of unbranched alkanes of at least 4 members (excludes halogenated alkanes) is 13. The number of phosphoric acid groups is 1. The van der Waals surface area contributed by atoms with Gasteiger partial charge in [0.1, 0.15) is 19.8 Å². The quantitative estimate of drug-likeness (QED) is 0.0195. The molecule has 2 atom stereocenters. The number of hydrogen-bond acceptors (Lipinski definition) is 8. The summed E-state index contributed by atoms with van der Waals surface area (Å²) in [6.45, 7) is 3.95. The molecule has 0 amide bonds. The fourth-order valence-corrected chi connectivity index (χ4v) is 9.82. The second kappa shape index (κ2) is 73.3. The molecule has 0 aliphatic heterocycles. The minimum atomic E-state index is -4.67. The molecule has 0 spiro atoms. The van der Waals surface area contributed by atoms with E-state index in [2.05, 4.69) is 245 Å². The summed E-state index contributed by atoms with van der Waals surface area (Å²) in [5.41, 5.74) is 0. The Hall–Kier alpha value is -5.93. The highest BCUT2D eigenvalue weighted by Crippen LogP contribution is 2.38. The lowest BCUT2D eigenvalue weighted by Gasteiger charge is -2.28. The number of allylic oxidation sites excluding steroid dienone is 38. The van der Waals surface area contributed by atoms with Gasteiger partial charge >= 0.3 is 11.9 Å². The van der Waals surface area contributed by atoms with Crippen LogP contribution >= 0.6 is 7.82 Å². The van der Waals surface area contributed by atoms with Gasteiger partial charge in [0.15, 0.2) is 6.10 Å². The average molecular weight is 1340 g/mol. The molecule has 536 valence electrons. The number of quaternary nitrogens is 1. The van der Waals surface area contributed by atoms with Crippen LogP contribution in [0.15, 0.2) is 231 Å². The first kappa shape index (κ1) is 90.1. The maximum Gasteiger partial charge on any atom is 0.306 e. The monoisotopic (exact) mass is 1340 g/mol. The van der Waals surface area contributed by atoms with E-state index >= 15 is 0 Å². The Morgan fingerprint density at radius 3 is 0.833 bits per heavy atom. The van der Waals surface area contributed by atoms with Gasteiger partial charge in [-0.15, -0.1) is 0 Å². The molecule has 0 saturated carbocycles. The van der Waals surface area contributed by atoms with Crippen molar-refractivity contribution < 1.29 is 42.1 Å². The fraction of sp³-hybridized carbons (Fsp3) is 0.535. The van der Waals surface area contributed by atoms with Crippen molar-refractivity contribution in [2.45, 2.75) is 251 Å².